The summed E-state index contributed by atoms with van der Waals surface area (Å²) in [6.07, 6.45) is 3.61. The number of aliphatic hydroxyl groups is 1. The Morgan fingerprint density at radius 3 is 2.80 bits per heavy atom. The van der Waals surface area contributed by atoms with Crippen LogP contribution in [0.5, 0.6) is 0 Å². The van der Waals surface area contributed by atoms with Gasteiger partial charge in [-0.25, -0.2) is 10.0 Å². The van der Waals surface area contributed by atoms with Crippen molar-refractivity contribution in [1.29, 1.82) is 0 Å². The molecule has 6 nitrogen and oxygen atoms in total. The molecule has 0 amide bonds. The van der Waals surface area contributed by atoms with Crippen LogP contribution >= 0.6 is 0 Å². The zero-order valence-corrected chi connectivity index (χ0v) is 10.6. The molecule has 2 aliphatic heterocycles. The fourth-order valence-electron chi connectivity index (χ4n) is 2.46. The molecule has 0 unspecified atom stereocenters. The number of aliphatic imine (C=N–C) groups is 1. The van der Waals surface area contributed by atoms with Crippen molar-refractivity contribution in [2.45, 2.75) is 6.61 Å². The van der Waals surface area contributed by atoms with Crippen LogP contribution in [0.2, 0.25) is 0 Å². The third-order valence-corrected chi connectivity index (χ3v) is 3.49. The molecule has 2 aliphatic rings. The number of aromatic amines is 1. The van der Waals surface area contributed by atoms with Crippen molar-refractivity contribution >= 4 is 23.6 Å². The Morgan fingerprint density at radius 2 is 2.00 bits per heavy atom. The molecule has 4 N–H and O–H groups in total. The van der Waals surface area contributed by atoms with E-state index < -0.39 is 0 Å². The van der Waals surface area contributed by atoms with Gasteiger partial charge in [-0.05, 0) is 11.6 Å². The van der Waals surface area contributed by atoms with E-state index in [0.29, 0.717) is 0 Å². The van der Waals surface area contributed by atoms with E-state index in [1.54, 1.807) is 6.34 Å². The molecule has 0 bridgehead atoms. The smallest absolute Gasteiger partial charge is 0.141 e. The number of aliphatic hydroxyl groups excluding tert-OH is 1. The molecular formula is C14H13N5O. The van der Waals surface area contributed by atoms with Gasteiger partial charge in [-0.2, -0.15) is 0 Å². The first-order chi connectivity index (χ1) is 9.86. The molecule has 0 saturated heterocycles. The van der Waals surface area contributed by atoms with Gasteiger partial charge in [-0.3, -0.25) is 0 Å². The SMILES string of the molecule is OCc1ccc(C2=C3c4cc[nH]c4N=CN3NN2)cc1. The normalized spacial score (nSPS) is 16.1. The molecule has 0 spiro atoms. The highest BCUT2D eigenvalue weighted by Gasteiger charge is 2.28. The van der Waals surface area contributed by atoms with Crippen LogP contribution in [0.25, 0.3) is 11.4 Å². The molecule has 20 heavy (non-hydrogen) atoms. The lowest BCUT2D eigenvalue weighted by Crippen LogP contribution is -2.37. The van der Waals surface area contributed by atoms with Crippen molar-refractivity contribution in [3.8, 4) is 0 Å². The van der Waals surface area contributed by atoms with Crippen LogP contribution in [0.4, 0.5) is 5.82 Å². The average Bonchev–Trinajstić information content (AvgIpc) is 3.13. The van der Waals surface area contributed by atoms with Gasteiger partial charge in [-0.1, -0.05) is 24.3 Å². The predicted octanol–water partition coefficient (Wildman–Crippen LogP) is 1.33. The Kier molecular flexibility index (Phi) is 2.38. The van der Waals surface area contributed by atoms with Gasteiger partial charge in [0, 0.05) is 17.3 Å². The monoisotopic (exact) mass is 267 g/mol. The van der Waals surface area contributed by atoms with Crippen LogP contribution < -0.4 is 11.0 Å². The molecule has 6 heteroatoms. The summed E-state index contributed by atoms with van der Waals surface area (Å²) >= 11 is 0. The summed E-state index contributed by atoms with van der Waals surface area (Å²) in [5, 5.41) is 11.0. The minimum Gasteiger partial charge on any atom is -0.392 e. The van der Waals surface area contributed by atoms with Gasteiger partial charge in [0.1, 0.15) is 12.2 Å². The largest absolute Gasteiger partial charge is 0.392 e. The molecule has 0 aliphatic carbocycles. The number of H-pyrrole nitrogens is 1. The summed E-state index contributed by atoms with van der Waals surface area (Å²) in [4.78, 5) is 7.44. The van der Waals surface area contributed by atoms with Crippen LogP contribution in [0.1, 0.15) is 16.7 Å². The van der Waals surface area contributed by atoms with Crippen LogP contribution in [-0.4, -0.2) is 21.4 Å². The van der Waals surface area contributed by atoms with E-state index in [1.807, 2.05) is 41.5 Å². The summed E-state index contributed by atoms with van der Waals surface area (Å²) in [6, 6.07) is 9.82. The number of rotatable bonds is 2. The Labute approximate surface area is 115 Å². The molecule has 3 heterocycles. The quantitative estimate of drug-likeness (QED) is 0.662. The van der Waals surface area contributed by atoms with Gasteiger partial charge in [0.25, 0.3) is 0 Å². The first-order valence-corrected chi connectivity index (χ1v) is 6.34. The maximum Gasteiger partial charge on any atom is 0.141 e. The van der Waals surface area contributed by atoms with Gasteiger partial charge in [0.2, 0.25) is 0 Å². The number of hydrogen-bond acceptors (Lipinski definition) is 5. The van der Waals surface area contributed by atoms with Gasteiger partial charge in [-0.15, -0.1) is 5.53 Å². The zero-order chi connectivity index (χ0) is 13.5. The second-order valence-corrected chi connectivity index (χ2v) is 4.67. The van der Waals surface area contributed by atoms with Gasteiger partial charge in [0.05, 0.1) is 18.0 Å². The third kappa shape index (κ3) is 1.56. The number of nitrogens with zero attached hydrogens (tertiary/aromatic N) is 2. The summed E-state index contributed by atoms with van der Waals surface area (Å²) in [5.74, 6) is 0.853. The van der Waals surface area contributed by atoms with Gasteiger partial charge in [0.15, 0.2) is 0 Å². The van der Waals surface area contributed by atoms with Crippen LogP contribution in [-0.2, 0) is 6.61 Å². The van der Waals surface area contributed by atoms with E-state index in [-0.39, 0.29) is 6.61 Å². The zero-order valence-electron chi connectivity index (χ0n) is 10.6. The Bertz CT molecular complexity index is 713. The van der Waals surface area contributed by atoms with Crippen molar-refractivity contribution in [2.24, 2.45) is 4.99 Å². The number of fused-ring (bicyclic) bond motifs is 3. The lowest BCUT2D eigenvalue weighted by Gasteiger charge is -2.18. The van der Waals surface area contributed by atoms with Gasteiger partial charge >= 0.3 is 0 Å². The highest BCUT2D eigenvalue weighted by atomic mass is 16.3. The number of benzene rings is 1. The molecule has 2 aromatic rings. The predicted molar refractivity (Wildman–Crippen MR) is 76.2 cm³/mol. The molecule has 0 saturated carbocycles. The van der Waals surface area contributed by atoms with Crippen LogP contribution in [0, 0.1) is 0 Å². The molecule has 0 fully saturated rings. The molecular weight excluding hydrogens is 254 g/mol. The number of aromatic nitrogens is 1. The third-order valence-electron chi connectivity index (χ3n) is 3.49. The standard InChI is InChI=1S/C14H13N5O/c20-7-9-1-3-10(4-2-9)12-13-11-5-6-15-14(11)16-8-19(13)18-17-12/h1-6,8,15,17-18,20H,7H2. The van der Waals surface area contributed by atoms with E-state index in [0.717, 1.165) is 33.9 Å². The second kappa shape index (κ2) is 4.22. The average molecular weight is 267 g/mol. The van der Waals surface area contributed by atoms with Crippen molar-refractivity contribution in [2.75, 3.05) is 0 Å². The highest BCUT2D eigenvalue weighted by Crippen LogP contribution is 2.36. The van der Waals surface area contributed by atoms with Crippen LogP contribution in [0.15, 0.2) is 41.5 Å². The van der Waals surface area contributed by atoms with Crippen molar-refractivity contribution < 1.29 is 5.11 Å². The van der Waals surface area contributed by atoms with Gasteiger partial charge < -0.3 is 15.5 Å². The summed E-state index contributed by atoms with van der Waals surface area (Å²) in [5.41, 5.74) is 11.3. The Hall–Kier alpha value is -2.57. The van der Waals surface area contributed by atoms with Crippen molar-refractivity contribution in [1.82, 2.24) is 21.0 Å². The number of hydrazine groups is 2. The summed E-state index contributed by atoms with van der Waals surface area (Å²) < 4.78 is 0. The highest BCUT2D eigenvalue weighted by molar-refractivity contribution is 5.99. The van der Waals surface area contributed by atoms with E-state index in [9.17, 15) is 0 Å². The van der Waals surface area contributed by atoms with Crippen LogP contribution in [0.3, 0.4) is 0 Å². The van der Waals surface area contributed by atoms with E-state index in [2.05, 4.69) is 20.9 Å². The molecule has 4 rings (SSSR count). The lowest BCUT2D eigenvalue weighted by atomic mass is 10.0. The van der Waals surface area contributed by atoms with Crippen molar-refractivity contribution in [3.63, 3.8) is 0 Å². The van der Waals surface area contributed by atoms with E-state index >= 15 is 0 Å². The molecule has 0 atom stereocenters. The molecule has 0 radical (unpaired) electrons. The minimum atomic E-state index is 0.0542. The van der Waals surface area contributed by atoms with E-state index in [1.165, 1.54) is 0 Å². The molecule has 1 aromatic carbocycles. The fraction of sp³-hybridized carbons (Fsp3) is 0.0714. The van der Waals surface area contributed by atoms with Crippen molar-refractivity contribution in [3.05, 3.63) is 53.2 Å². The number of nitrogens with one attached hydrogen (secondary N) is 3. The van der Waals surface area contributed by atoms with E-state index in [4.69, 9.17) is 5.11 Å². The second-order valence-electron chi connectivity index (χ2n) is 4.67. The molecule has 100 valence electrons. The Balaban J connectivity index is 1.85. The summed E-state index contributed by atoms with van der Waals surface area (Å²) in [7, 11) is 0. The summed E-state index contributed by atoms with van der Waals surface area (Å²) in [6.45, 7) is 0.0542. The Morgan fingerprint density at radius 1 is 1.15 bits per heavy atom. The minimum absolute atomic E-state index is 0.0542. The first-order valence-electron chi connectivity index (χ1n) is 6.34. The molecule has 1 aromatic heterocycles. The number of hydrogen-bond donors (Lipinski definition) is 4. The maximum atomic E-state index is 9.11. The fourth-order valence-corrected chi connectivity index (χ4v) is 2.46. The first kappa shape index (κ1) is 11.3. The maximum absolute atomic E-state index is 9.11. The topological polar surface area (TPSA) is 75.7 Å². The lowest BCUT2D eigenvalue weighted by molar-refractivity contribution is 0.282.